The van der Waals surface area contributed by atoms with Crippen LogP contribution in [0, 0.1) is 6.92 Å². The molecule has 1 unspecified atom stereocenters. The predicted octanol–water partition coefficient (Wildman–Crippen LogP) is 3.54. The summed E-state index contributed by atoms with van der Waals surface area (Å²) in [6.07, 6.45) is 2.34. The Bertz CT molecular complexity index is 303. The average Bonchev–Trinajstić information content (AvgIpc) is 2.35. The summed E-state index contributed by atoms with van der Waals surface area (Å²) in [7, 11) is 0. The molecule has 0 saturated carbocycles. The van der Waals surface area contributed by atoms with Crippen LogP contribution in [0.3, 0.4) is 0 Å². The minimum absolute atomic E-state index is 0.390. The largest absolute Gasteiger partial charge is 0.492 e. The van der Waals surface area contributed by atoms with E-state index in [9.17, 15) is 0 Å². The standard InChI is InChI=1S/C15H25NO/c1-5-14(6-2)16-13(4)11-17-15-9-7-12(3)8-10-15/h7-10,13-14,16H,5-6,11H2,1-4H3. The van der Waals surface area contributed by atoms with Gasteiger partial charge in [0.1, 0.15) is 12.4 Å². The van der Waals surface area contributed by atoms with Crippen molar-refractivity contribution in [3.05, 3.63) is 29.8 Å². The summed E-state index contributed by atoms with van der Waals surface area (Å²) in [5, 5.41) is 3.57. The fraction of sp³-hybridized carbons (Fsp3) is 0.600. The second kappa shape index (κ2) is 7.33. The van der Waals surface area contributed by atoms with Crippen molar-refractivity contribution < 1.29 is 4.74 Å². The Labute approximate surface area is 105 Å². The summed E-state index contributed by atoms with van der Waals surface area (Å²) < 4.78 is 5.75. The molecule has 1 N–H and O–H groups in total. The molecule has 1 aromatic carbocycles. The van der Waals surface area contributed by atoms with E-state index >= 15 is 0 Å². The SMILES string of the molecule is CCC(CC)NC(C)COc1ccc(C)cc1. The van der Waals surface area contributed by atoms with Crippen molar-refractivity contribution >= 4 is 0 Å². The van der Waals surface area contributed by atoms with E-state index in [1.165, 1.54) is 18.4 Å². The number of hydrogen-bond acceptors (Lipinski definition) is 2. The first-order valence-electron chi connectivity index (χ1n) is 6.61. The lowest BCUT2D eigenvalue weighted by Gasteiger charge is -2.21. The van der Waals surface area contributed by atoms with Crippen LogP contribution in [0.4, 0.5) is 0 Å². The van der Waals surface area contributed by atoms with Crippen LogP contribution in [0.15, 0.2) is 24.3 Å². The van der Waals surface area contributed by atoms with Gasteiger partial charge < -0.3 is 10.1 Å². The zero-order chi connectivity index (χ0) is 12.7. The molecule has 96 valence electrons. The van der Waals surface area contributed by atoms with Crippen molar-refractivity contribution in [1.82, 2.24) is 5.32 Å². The molecule has 1 aromatic rings. The van der Waals surface area contributed by atoms with Gasteiger partial charge >= 0.3 is 0 Å². The third-order valence-corrected chi connectivity index (χ3v) is 3.03. The highest BCUT2D eigenvalue weighted by Gasteiger charge is 2.08. The van der Waals surface area contributed by atoms with Crippen molar-refractivity contribution in [1.29, 1.82) is 0 Å². The summed E-state index contributed by atoms with van der Waals surface area (Å²) in [6.45, 7) is 9.41. The number of aryl methyl sites for hydroxylation is 1. The Morgan fingerprint density at radius 1 is 1.12 bits per heavy atom. The summed E-state index contributed by atoms with van der Waals surface area (Å²) in [6, 6.07) is 9.20. The van der Waals surface area contributed by atoms with Crippen LogP contribution in [-0.4, -0.2) is 18.7 Å². The van der Waals surface area contributed by atoms with E-state index in [4.69, 9.17) is 4.74 Å². The van der Waals surface area contributed by atoms with Gasteiger partial charge in [0.25, 0.3) is 0 Å². The lowest BCUT2D eigenvalue weighted by Crippen LogP contribution is -2.39. The van der Waals surface area contributed by atoms with E-state index in [1.807, 2.05) is 12.1 Å². The summed E-state index contributed by atoms with van der Waals surface area (Å²) in [5.41, 5.74) is 1.26. The maximum Gasteiger partial charge on any atom is 0.119 e. The van der Waals surface area contributed by atoms with Crippen molar-refractivity contribution in [2.75, 3.05) is 6.61 Å². The minimum atomic E-state index is 0.390. The molecular formula is C15H25NO. The zero-order valence-corrected chi connectivity index (χ0v) is 11.5. The second-order valence-electron chi connectivity index (χ2n) is 4.71. The van der Waals surface area contributed by atoms with Crippen molar-refractivity contribution in [2.24, 2.45) is 0 Å². The molecule has 0 amide bonds. The van der Waals surface area contributed by atoms with Gasteiger partial charge in [0.05, 0.1) is 0 Å². The molecule has 0 bridgehead atoms. The smallest absolute Gasteiger partial charge is 0.119 e. The lowest BCUT2D eigenvalue weighted by molar-refractivity contribution is 0.257. The fourth-order valence-corrected chi connectivity index (χ4v) is 1.83. The van der Waals surface area contributed by atoms with Crippen LogP contribution in [-0.2, 0) is 0 Å². The van der Waals surface area contributed by atoms with E-state index < -0.39 is 0 Å². The first kappa shape index (κ1) is 14.0. The lowest BCUT2D eigenvalue weighted by atomic mass is 10.1. The zero-order valence-electron chi connectivity index (χ0n) is 11.5. The van der Waals surface area contributed by atoms with E-state index in [0.717, 1.165) is 12.4 Å². The third kappa shape index (κ3) is 5.22. The van der Waals surface area contributed by atoms with E-state index in [-0.39, 0.29) is 0 Å². The number of rotatable bonds is 7. The van der Waals surface area contributed by atoms with Gasteiger partial charge in [-0.3, -0.25) is 0 Å². The van der Waals surface area contributed by atoms with Crippen LogP contribution in [0.25, 0.3) is 0 Å². The number of nitrogens with one attached hydrogen (secondary N) is 1. The molecule has 0 fully saturated rings. The Balaban J connectivity index is 2.32. The van der Waals surface area contributed by atoms with Gasteiger partial charge in [-0.15, -0.1) is 0 Å². The Morgan fingerprint density at radius 3 is 2.24 bits per heavy atom. The Kier molecular flexibility index (Phi) is 6.06. The van der Waals surface area contributed by atoms with Crippen molar-refractivity contribution in [2.45, 2.75) is 52.6 Å². The van der Waals surface area contributed by atoms with Crippen molar-refractivity contribution in [3.63, 3.8) is 0 Å². The molecule has 0 aromatic heterocycles. The predicted molar refractivity (Wildman–Crippen MR) is 73.6 cm³/mol. The van der Waals surface area contributed by atoms with Crippen molar-refractivity contribution in [3.8, 4) is 5.75 Å². The van der Waals surface area contributed by atoms with Crippen LogP contribution in [0.1, 0.15) is 39.2 Å². The molecule has 0 radical (unpaired) electrons. The molecule has 2 heteroatoms. The maximum absolute atomic E-state index is 5.75. The topological polar surface area (TPSA) is 21.3 Å². The normalized spacial score (nSPS) is 12.8. The average molecular weight is 235 g/mol. The summed E-state index contributed by atoms with van der Waals surface area (Å²) in [4.78, 5) is 0. The van der Waals surface area contributed by atoms with E-state index in [1.54, 1.807) is 0 Å². The monoisotopic (exact) mass is 235 g/mol. The molecule has 2 nitrogen and oxygen atoms in total. The molecule has 1 atom stereocenters. The van der Waals surface area contributed by atoms with Gasteiger partial charge in [-0.05, 0) is 38.8 Å². The maximum atomic E-state index is 5.75. The van der Waals surface area contributed by atoms with Gasteiger partial charge in [-0.25, -0.2) is 0 Å². The Morgan fingerprint density at radius 2 is 1.71 bits per heavy atom. The van der Waals surface area contributed by atoms with Crippen LogP contribution in [0.5, 0.6) is 5.75 Å². The molecule has 0 heterocycles. The van der Waals surface area contributed by atoms with Gasteiger partial charge in [-0.1, -0.05) is 31.5 Å². The molecule has 0 aliphatic heterocycles. The molecule has 0 aliphatic rings. The quantitative estimate of drug-likeness (QED) is 0.780. The van der Waals surface area contributed by atoms with Gasteiger partial charge in [0.2, 0.25) is 0 Å². The van der Waals surface area contributed by atoms with E-state index in [0.29, 0.717) is 12.1 Å². The van der Waals surface area contributed by atoms with E-state index in [2.05, 4.69) is 45.1 Å². The number of hydrogen-bond donors (Lipinski definition) is 1. The third-order valence-electron chi connectivity index (χ3n) is 3.03. The van der Waals surface area contributed by atoms with Crippen LogP contribution >= 0.6 is 0 Å². The van der Waals surface area contributed by atoms with Crippen LogP contribution < -0.4 is 10.1 Å². The van der Waals surface area contributed by atoms with Gasteiger partial charge in [0, 0.05) is 12.1 Å². The Hall–Kier alpha value is -1.02. The second-order valence-corrected chi connectivity index (χ2v) is 4.71. The first-order valence-corrected chi connectivity index (χ1v) is 6.61. The molecule has 1 rings (SSSR count). The molecule has 0 spiro atoms. The van der Waals surface area contributed by atoms with Gasteiger partial charge in [-0.2, -0.15) is 0 Å². The molecule has 0 saturated heterocycles. The van der Waals surface area contributed by atoms with Gasteiger partial charge in [0.15, 0.2) is 0 Å². The number of ether oxygens (including phenoxy) is 1. The first-order chi connectivity index (χ1) is 8.15. The fourth-order valence-electron chi connectivity index (χ4n) is 1.83. The molecular weight excluding hydrogens is 210 g/mol. The number of benzene rings is 1. The summed E-state index contributed by atoms with van der Waals surface area (Å²) >= 11 is 0. The van der Waals surface area contributed by atoms with Crippen LogP contribution in [0.2, 0.25) is 0 Å². The molecule has 17 heavy (non-hydrogen) atoms. The summed E-state index contributed by atoms with van der Waals surface area (Å²) in [5.74, 6) is 0.953. The highest BCUT2D eigenvalue weighted by Crippen LogP contribution is 2.11. The highest BCUT2D eigenvalue weighted by atomic mass is 16.5. The molecule has 0 aliphatic carbocycles. The highest BCUT2D eigenvalue weighted by molar-refractivity contribution is 5.26. The minimum Gasteiger partial charge on any atom is -0.492 e.